The zero-order valence-corrected chi connectivity index (χ0v) is 19.2. The van der Waals surface area contributed by atoms with E-state index in [2.05, 4.69) is 48.2 Å². The highest BCUT2D eigenvalue weighted by Gasteiger charge is 2.36. The van der Waals surface area contributed by atoms with Gasteiger partial charge in [-0.1, -0.05) is 30.0 Å². The predicted octanol–water partition coefficient (Wildman–Crippen LogP) is 4.43. The number of benzene rings is 1. The number of pyridine rings is 1. The van der Waals surface area contributed by atoms with Gasteiger partial charge in [0.15, 0.2) is 0 Å². The number of hydrazone groups is 1. The first-order valence-corrected chi connectivity index (χ1v) is 11.1. The summed E-state index contributed by atoms with van der Waals surface area (Å²) >= 11 is 1.61. The van der Waals surface area contributed by atoms with Crippen molar-refractivity contribution in [2.24, 2.45) is 5.10 Å². The Hall–Kier alpha value is -2.66. The monoisotopic (exact) mass is 435 g/mol. The summed E-state index contributed by atoms with van der Waals surface area (Å²) in [6, 6.07) is 14.7. The molecule has 2 aliphatic heterocycles. The van der Waals surface area contributed by atoms with E-state index in [9.17, 15) is 5.26 Å². The second-order valence-corrected chi connectivity index (χ2v) is 9.05. The van der Waals surface area contributed by atoms with Crippen LogP contribution < -0.4 is 5.01 Å². The van der Waals surface area contributed by atoms with E-state index in [0.29, 0.717) is 26.1 Å². The molecule has 6 nitrogen and oxygen atoms in total. The van der Waals surface area contributed by atoms with Gasteiger partial charge in [0.1, 0.15) is 10.4 Å². The number of nitriles is 1. The number of anilines is 1. The third kappa shape index (κ3) is 5.73. The molecule has 0 N–H and O–H groups in total. The predicted molar refractivity (Wildman–Crippen MR) is 128 cm³/mol. The van der Waals surface area contributed by atoms with Gasteiger partial charge >= 0.3 is 0 Å². The number of hydrogen-bond acceptors (Lipinski definition) is 7. The average molecular weight is 436 g/mol. The lowest BCUT2D eigenvalue weighted by Crippen LogP contribution is -2.33. The van der Waals surface area contributed by atoms with E-state index in [1.807, 2.05) is 49.3 Å². The number of ether oxygens (including phenoxy) is 1. The molecule has 0 bridgehead atoms. The maximum absolute atomic E-state index is 9.78. The van der Waals surface area contributed by atoms with Crippen molar-refractivity contribution in [1.29, 1.82) is 5.26 Å². The van der Waals surface area contributed by atoms with Gasteiger partial charge in [0.05, 0.1) is 24.0 Å². The summed E-state index contributed by atoms with van der Waals surface area (Å²) in [6.45, 7) is 5.59. The average Bonchev–Trinajstić information content (AvgIpc) is 2.79. The highest BCUT2D eigenvalue weighted by molar-refractivity contribution is 7.99. The Labute approximate surface area is 189 Å². The van der Waals surface area contributed by atoms with E-state index < -0.39 is 5.41 Å². The van der Waals surface area contributed by atoms with E-state index >= 15 is 0 Å². The van der Waals surface area contributed by atoms with Crippen molar-refractivity contribution in [1.82, 2.24) is 9.88 Å². The molecule has 4 rings (SSSR count). The molecule has 0 spiro atoms. The molecule has 2 aliphatic rings. The normalized spacial score (nSPS) is 16.7. The Morgan fingerprint density at radius 2 is 1.97 bits per heavy atom. The Kier molecular flexibility index (Phi) is 7.85. The number of hydrogen-bond donors (Lipinski definition) is 0. The summed E-state index contributed by atoms with van der Waals surface area (Å²) in [4.78, 5) is 7.91. The first kappa shape index (κ1) is 23.0. The Balaban J connectivity index is 0.000000628. The van der Waals surface area contributed by atoms with Gasteiger partial charge in [-0.25, -0.2) is 4.98 Å². The van der Waals surface area contributed by atoms with Crippen LogP contribution in [0.5, 0.6) is 0 Å². The van der Waals surface area contributed by atoms with Crippen LogP contribution in [0.2, 0.25) is 0 Å². The van der Waals surface area contributed by atoms with Crippen LogP contribution in [0.15, 0.2) is 57.5 Å². The highest BCUT2D eigenvalue weighted by Crippen LogP contribution is 2.36. The summed E-state index contributed by atoms with van der Waals surface area (Å²) in [5.74, 6) is 0. The first-order chi connectivity index (χ1) is 15.0. The second kappa shape index (κ2) is 10.6. The van der Waals surface area contributed by atoms with Crippen LogP contribution in [0.3, 0.4) is 0 Å². The summed E-state index contributed by atoms with van der Waals surface area (Å²) in [6.07, 6.45) is 5.57. The number of aromatic nitrogens is 1. The molecule has 2 aromatic rings. The van der Waals surface area contributed by atoms with Gasteiger partial charge in [0, 0.05) is 30.4 Å². The van der Waals surface area contributed by atoms with Crippen LogP contribution in [-0.4, -0.2) is 57.5 Å². The van der Waals surface area contributed by atoms with E-state index in [4.69, 9.17) is 9.72 Å². The van der Waals surface area contributed by atoms with Crippen molar-refractivity contribution in [2.75, 3.05) is 45.9 Å². The van der Waals surface area contributed by atoms with E-state index in [0.717, 1.165) is 33.4 Å². The molecule has 1 aromatic heterocycles. The van der Waals surface area contributed by atoms with Crippen molar-refractivity contribution in [3.63, 3.8) is 0 Å². The molecule has 0 amide bonds. The molecule has 1 fully saturated rings. The fourth-order valence-corrected chi connectivity index (χ4v) is 4.33. The van der Waals surface area contributed by atoms with Crippen molar-refractivity contribution < 1.29 is 4.74 Å². The smallest absolute Gasteiger partial charge is 0.104 e. The lowest BCUT2D eigenvalue weighted by Gasteiger charge is -2.30. The highest BCUT2D eigenvalue weighted by atomic mass is 32.2. The van der Waals surface area contributed by atoms with Gasteiger partial charge in [-0.05, 0) is 64.3 Å². The van der Waals surface area contributed by atoms with Gasteiger partial charge in [-0.15, -0.1) is 0 Å². The largest absolute Gasteiger partial charge is 0.381 e. The third-order valence-electron chi connectivity index (χ3n) is 5.02. The lowest BCUT2D eigenvalue weighted by molar-refractivity contribution is 0.0662. The summed E-state index contributed by atoms with van der Waals surface area (Å²) < 4.78 is 5.44. The molecule has 3 heterocycles. The fourth-order valence-electron chi connectivity index (χ4n) is 3.48. The van der Waals surface area contributed by atoms with Gasteiger partial charge in [0.25, 0.3) is 0 Å². The Morgan fingerprint density at radius 1 is 1.23 bits per heavy atom. The minimum atomic E-state index is -0.538. The topological polar surface area (TPSA) is 64.8 Å². The van der Waals surface area contributed by atoms with Gasteiger partial charge < -0.3 is 9.64 Å². The first-order valence-electron chi connectivity index (χ1n) is 10.3. The maximum Gasteiger partial charge on any atom is 0.104 e. The zero-order chi connectivity index (χ0) is 22.3. The second-order valence-electron chi connectivity index (χ2n) is 7.96. The molecule has 162 valence electrons. The van der Waals surface area contributed by atoms with Crippen LogP contribution >= 0.6 is 11.8 Å². The van der Waals surface area contributed by atoms with Crippen LogP contribution in [0, 0.1) is 11.3 Å². The van der Waals surface area contributed by atoms with Crippen LogP contribution in [0.4, 0.5) is 5.69 Å². The van der Waals surface area contributed by atoms with Crippen LogP contribution in [-0.2, 0) is 10.2 Å². The molecule has 1 saturated heterocycles. The van der Waals surface area contributed by atoms with Crippen molar-refractivity contribution in [3.8, 4) is 6.07 Å². The lowest BCUT2D eigenvalue weighted by atomic mass is 9.78. The molecule has 0 unspecified atom stereocenters. The molecule has 0 atom stereocenters. The summed E-state index contributed by atoms with van der Waals surface area (Å²) in [7, 11) is 6.00. The number of nitrogens with zero attached hydrogens (tertiary/aromatic N) is 5. The zero-order valence-electron chi connectivity index (χ0n) is 18.4. The molecule has 0 saturated carbocycles. The molecule has 0 radical (unpaired) electrons. The van der Waals surface area contributed by atoms with Crippen LogP contribution in [0.1, 0.15) is 24.1 Å². The SMILES string of the molecule is C=NN1CC=Cc2cc(Sc3cccc(C4(C#N)CCOCC4)n3)ccc21.CN(C)C. The number of rotatable bonds is 4. The van der Waals surface area contributed by atoms with Gasteiger partial charge in [-0.3, -0.25) is 5.01 Å². The van der Waals surface area contributed by atoms with Crippen molar-refractivity contribution in [2.45, 2.75) is 28.2 Å². The molecule has 1 aromatic carbocycles. The molecular formula is C24H29N5OS. The Morgan fingerprint density at radius 3 is 2.65 bits per heavy atom. The number of fused-ring (bicyclic) bond motifs is 1. The fraction of sp³-hybridized carbons (Fsp3) is 0.375. The van der Waals surface area contributed by atoms with Crippen molar-refractivity contribution >= 4 is 30.2 Å². The third-order valence-corrected chi connectivity index (χ3v) is 5.95. The maximum atomic E-state index is 9.78. The summed E-state index contributed by atoms with van der Waals surface area (Å²) in [5, 5.41) is 16.6. The quantitative estimate of drug-likeness (QED) is 0.662. The van der Waals surface area contributed by atoms with Crippen molar-refractivity contribution in [3.05, 3.63) is 53.7 Å². The standard InChI is InChI=1S/C21H20N4OS.C3H9N/c1-23-25-11-3-4-16-14-17(7-8-18(16)25)27-20-6-2-5-19(24-20)21(15-22)9-12-26-13-10-21;1-4(2)3/h2-8,14H,1,9-13H2;1-3H3. The van der Waals surface area contributed by atoms with Gasteiger partial charge in [-0.2, -0.15) is 10.4 Å². The molecular weight excluding hydrogens is 406 g/mol. The van der Waals surface area contributed by atoms with E-state index in [1.54, 1.807) is 11.8 Å². The van der Waals surface area contributed by atoms with Gasteiger partial charge in [0.2, 0.25) is 0 Å². The molecule has 31 heavy (non-hydrogen) atoms. The molecule has 7 heteroatoms. The minimum absolute atomic E-state index is 0.538. The summed E-state index contributed by atoms with van der Waals surface area (Å²) in [5.41, 5.74) is 2.49. The van der Waals surface area contributed by atoms with E-state index in [-0.39, 0.29) is 0 Å². The van der Waals surface area contributed by atoms with Crippen LogP contribution in [0.25, 0.3) is 6.08 Å². The Bertz CT molecular complexity index is 973. The molecule has 0 aliphatic carbocycles. The van der Waals surface area contributed by atoms with E-state index in [1.165, 1.54) is 0 Å². The minimum Gasteiger partial charge on any atom is -0.381 e.